The van der Waals surface area contributed by atoms with Crippen molar-refractivity contribution in [2.75, 3.05) is 14.1 Å². The Morgan fingerprint density at radius 2 is 2.43 bits per heavy atom. The smallest absolute Gasteiger partial charge is 0.312 e. The zero-order valence-corrected chi connectivity index (χ0v) is 8.14. The van der Waals surface area contributed by atoms with Crippen molar-refractivity contribution in [1.29, 1.82) is 0 Å². The number of carbonyl (C=O) groups is 1. The Morgan fingerprint density at radius 1 is 1.64 bits per heavy atom. The van der Waals surface area contributed by atoms with E-state index in [0.717, 1.165) is 0 Å². The SMILES string of the molecule is [2H]C([2H])([2H])N1[C@H]2CC[C@@H]1[C@@H](C(=O)OC)[C@@H](O)C2. The van der Waals surface area contributed by atoms with Crippen molar-refractivity contribution in [3.63, 3.8) is 0 Å². The second kappa shape index (κ2) is 3.51. The summed E-state index contributed by atoms with van der Waals surface area (Å²) in [5.74, 6) is -1.25. The normalized spacial score (nSPS) is 46.6. The lowest BCUT2D eigenvalue weighted by Crippen LogP contribution is -2.52. The molecule has 0 aromatic carbocycles. The zero-order valence-electron chi connectivity index (χ0n) is 11.1. The summed E-state index contributed by atoms with van der Waals surface area (Å²) < 4.78 is 27.2. The largest absolute Gasteiger partial charge is 0.469 e. The molecule has 2 bridgehead atoms. The average molecular weight is 202 g/mol. The van der Waals surface area contributed by atoms with Crippen LogP contribution in [0.2, 0.25) is 0 Å². The number of piperidine rings is 1. The number of carbonyl (C=O) groups excluding carboxylic acids is 1. The van der Waals surface area contributed by atoms with Crippen molar-refractivity contribution in [1.82, 2.24) is 4.90 Å². The van der Waals surface area contributed by atoms with Crippen LogP contribution in [0.1, 0.15) is 23.4 Å². The molecule has 0 radical (unpaired) electrons. The van der Waals surface area contributed by atoms with Crippen molar-refractivity contribution in [3.05, 3.63) is 0 Å². The molecule has 4 heteroatoms. The second-order valence-electron chi connectivity index (χ2n) is 4.06. The summed E-state index contributed by atoms with van der Waals surface area (Å²) in [6.07, 6.45) is 0.876. The molecule has 2 fully saturated rings. The Morgan fingerprint density at radius 3 is 3.07 bits per heavy atom. The summed E-state index contributed by atoms with van der Waals surface area (Å²) in [5, 5.41) is 9.92. The van der Waals surface area contributed by atoms with Crippen LogP contribution in [0, 0.1) is 5.92 Å². The highest BCUT2D eigenvalue weighted by atomic mass is 16.5. The highest BCUT2D eigenvalue weighted by Gasteiger charge is 2.48. The van der Waals surface area contributed by atoms with Crippen LogP contribution in [-0.4, -0.2) is 48.2 Å². The van der Waals surface area contributed by atoms with Crippen molar-refractivity contribution >= 4 is 5.97 Å². The maximum absolute atomic E-state index is 11.6. The van der Waals surface area contributed by atoms with Crippen LogP contribution < -0.4 is 0 Å². The Kier molecular flexibility index (Phi) is 1.71. The minimum absolute atomic E-state index is 0.150. The molecular weight excluding hydrogens is 182 g/mol. The molecule has 4 nitrogen and oxygen atoms in total. The van der Waals surface area contributed by atoms with Crippen LogP contribution >= 0.6 is 0 Å². The Bertz CT molecular complexity index is 320. The first-order chi connectivity index (χ1) is 7.86. The first-order valence-corrected chi connectivity index (χ1v) is 4.90. The molecule has 2 rings (SSSR count). The predicted octanol–water partition coefficient (Wildman–Crippen LogP) is 0.00300. The van der Waals surface area contributed by atoms with Gasteiger partial charge in [-0.2, -0.15) is 0 Å². The molecule has 0 aliphatic carbocycles. The van der Waals surface area contributed by atoms with Gasteiger partial charge in [-0.3, -0.25) is 9.69 Å². The predicted molar refractivity (Wildman–Crippen MR) is 50.7 cm³/mol. The van der Waals surface area contributed by atoms with Crippen molar-refractivity contribution in [2.24, 2.45) is 5.92 Å². The molecule has 80 valence electrons. The van der Waals surface area contributed by atoms with Gasteiger partial charge in [0.05, 0.1) is 19.1 Å². The van der Waals surface area contributed by atoms with Crippen LogP contribution in [-0.2, 0) is 9.53 Å². The standard InChI is InChI=1S/C10H17NO3/c1-11-6-3-4-7(11)9(8(12)5-6)10(13)14-2/h6-9,12H,3-5H2,1-2H3/t6-,7+,8-,9+/m0/s1/i1D3. The van der Waals surface area contributed by atoms with Gasteiger partial charge in [0.15, 0.2) is 0 Å². The molecule has 0 unspecified atom stereocenters. The van der Waals surface area contributed by atoms with Crippen molar-refractivity contribution < 1.29 is 18.8 Å². The van der Waals surface area contributed by atoms with Crippen LogP contribution in [0.25, 0.3) is 0 Å². The maximum Gasteiger partial charge on any atom is 0.312 e. The summed E-state index contributed by atoms with van der Waals surface area (Å²) in [6.45, 7) is -2.21. The molecule has 2 aliphatic heterocycles. The number of nitrogens with zero attached hydrogens (tertiary/aromatic N) is 1. The van der Waals surface area contributed by atoms with Gasteiger partial charge in [-0.25, -0.2) is 0 Å². The van der Waals surface area contributed by atoms with E-state index in [1.165, 1.54) is 12.0 Å². The van der Waals surface area contributed by atoms with Gasteiger partial charge in [0.25, 0.3) is 0 Å². The summed E-state index contributed by atoms with van der Waals surface area (Å²) in [4.78, 5) is 13.0. The van der Waals surface area contributed by atoms with E-state index in [1.54, 1.807) is 0 Å². The lowest BCUT2D eigenvalue weighted by molar-refractivity contribution is -0.155. The highest BCUT2D eigenvalue weighted by Crippen LogP contribution is 2.38. The number of hydrogen-bond acceptors (Lipinski definition) is 4. The highest BCUT2D eigenvalue weighted by molar-refractivity contribution is 5.74. The van der Waals surface area contributed by atoms with Gasteiger partial charge in [-0.15, -0.1) is 0 Å². The molecule has 4 atom stereocenters. The molecule has 0 spiro atoms. The third-order valence-electron chi connectivity index (χ3n) is 3.36. The Hall–Kier alpha value is -0.610. The van der Waals surface area contributed by atoms with E-state index < -0.39 is 31.0 Å². The number of aliphatic hydroxyl groups is 1. The van der Waals surface area contributed by atoms with Gasteiger partial charge in [0.2, 0.25) is 0 Å². The van der Waals surface area contributed by atoms with Crippen molar-refractivity contribution in [3.8, 4) is 0 Å². The van der Waals surface area contributed by atoms with Crippen LogP contribution in [0.15, 0.2) is 0 Å². The lowest BCUT2D eigenvalue weighted by atomic mass is 9.88. The minimum Gasteiger partial charge on any atom is -0.469 e. The van der Waals surface area contributed by atoms with Gasteiger partial charge < -0.3 is 9.84 Å². The summed E-state index contributed by atoms with van der Waals surface area (Å²) in [7, 11) is 1.26. The van der Waals surface area contributed by atoms with Crippen LogP contribution in [0.4, 0.5) is 0 Å². The first-order valence-electron chi connectivity index (χ1n) is 6.40. The third kappa shape index (κ3) is 1.33. The monoisotopic (exact) mass is 202 g/mol. The number of rotatable bonds is 1. The topological polar surface area (TPSA) is 49.8 Å². The van der Waals surface area contributed by atoms with Gasteiger partial charge in [0, 0.05) is 16.2 Å². The number of ether oxygens (including phenoxy) is 1. The zero-order chi connectivity index (χ0) is 12.8. The number of methoxy groups -OCH3 is 1. The van der Waals surface area contributed by atoms with Gasteiger partial charge in [-0.1, -0.05) is 0 Å². The number of fused-ring (bicyclic) bond motifs is 2. The molecule has 2 heterocycles. The Balaban J connectivity index is 2.27. The number of hydrogen-bond donors (Lipinski definition) is 1. The third-order valence-corrected chi connectivity index (χ3v) is 3.36. The molecule has 1 N–H and O–H groups in total. The van der Waals surface area contributed by atoms with E-state index >= 15 is 0 Å². The quantitative estimate of drug-likeness (QED) is 0.608. The average Bonchev–Trinajstić information content (AvgIpc) is 2.54. The van der Waals surface area contributed by atoms with E-state index in [1.807, 2.05) is 0 Å². The van der Waals surface area contributed by atoms with E-state index in [-0.39, 0.29) is 6.04 Å². The Labute approximate surface area is 88.1 Å². The second-order valence-corrected chi connectivity index (χ2v) is 4.06. The lowest BCUT2D eigenvalue weighted by Gasteiger charge is -2.39. The molecule has 2 aliphatic rings. The molecule has 14 heavy (non-hydrogen) atoms. The summed E-state index contributed by atoms with van der Waals surface area (Å²) in [5.41, 5.74) is 0. The first kappa shape index (κ1) is 6.80. The molecule has 0 aromatic rings. The maximum atomic E-state index is 11.6. The van der Waals surface area contributed by atoms with E-state index in [2.05, 4.69) is 4.74 Å². The molecular formula is C10H17NO3. The number of esters is 1. The fourth-order valence-corrected chi connectivity index (χ4v) is 2.63. The fourth-order valence-electron chi connectivity index (χ4n) is 2.63. The van der Waals surface area contributed by atoms with Crippen LogP contribution in [0.3, 0.4) is 0 Å². The van der Waals surface area contributed by atoms with Gasteiger partial charge in [0.1, 0.15) is 0 Å². The van der Waals surface area contributed by atoms with E-state index in [9.17, 15) is 9.90 Å². The van der Waals surface area contributed by atoms with E-state index in [4.69, 9.17) is 4.11 Å². The molecule has 2 saturated heterocycles. The number of aliphatic hydroxyl groups excluding tert-OH is 1. The molecule has 0 saturated carbocycles. The molecule has 0 amide bonds. The van der Waals surface area contributed by atoms with Gasteiger partial charge in [-0.05, 0) is 26.2 Å². The minimum atomic E-state index is -2.21. The summed E-state index contributed by atoms with van der Waals surface area (Å²) >= 11 is 0. The fraction of sp³-hybridized carbons (Fsp3) is 0.900. The summed E-state index contributed by atoms with van der Waals surface area (Å²) in [6, 6.07) is -0.577. The van der Waals surface area contributed by atoms with E-state index in [0.29, 0.717) is 19.3 Å². The van der Waals surface area contributed by atoms with Crippen molar-refractivity contribution in [2.45, 2.75) is 37.5 Å². The molecule has 0 aromatic heterocycles. The van der Waals surface area contributed by atoms with Gasteiger partial charge >= 0.3 is 5.97 Å². The van der Waals surface area contributed by atoms with Crippen LogP contribution in [0.5, 0.6) is 0 Å².